The van der Waals surface area contributed by atoms with E-state index in [1.165, 1.54) is 19.0 Å². The Morgan fingerprint density at radius 2 is 1.71 bits per heavy atom. The number of rotatable bonds is 19. The van der Waals surface area contributed by atoms with Crippen LogP contribution in [0.3, 0.4) is 0 Å². The van der Waals surface area contributed by atoms with Gasteiger partial charge in [-0.15, -0.1) is 0 Å². The van der Waals surface area contributed by atoms with Gasteiger partial charge >= 0.3 is 0 Å². The summed E-state index contributed by atoms with van der Waals surface area (Å²) in [6.07, 6.45) is 0.744. The fourth-order valence-corrected chi connectivity index (χ4v) is 3.58. The predicted octanol–water partition coefficient (Wildman–Crippen LogP) is -2.39. The molecule has 1 saturated heterocycles. The monoisotopic (exact) mass is 542 g/mol. The van der Waals surface area contributed by atoms with Crippen molar-refractivity contribution in [3.63, 3.8) is 0 Å². The van der Waals surface area contributed by atoms with Crippen LogP contribution in [0.1, 0.15) is 32.6 Å². The van der Waals surface area contributed by atoms with Gasteiger partial charge in [0.1, 0.15) is 12.6 Å². The number of likely N-dealkylation sites (N-methyl/N-ethyl adjacent to an activating group) is 1. The molecular formula is C24H42N6O8. The molecule has 1 heterocycles. The van der Waals surface area contributed by atoms with E-state index in [4.69, 9.17) is 9.47 Å². The van der Waals surface area contributed by atoms with E-state index in [0.29, 0.717) is 13.0 Å². The summed E-state index contributed by atoms with van der Waals surface area (Å²) in [6.45, 7) is 3.33. The van der Waals surface area contributed by atoms with Crippen molar-refractivity contribution in [1.29, 1.82) is 0 Å². The van der Waals surface area contributed by atoms with Crippen LogP contribution in [0.2, 0.25) is 0 Å². The van der Waals surface area contributed by atoms with Gasteiger partial charge in [0.15, 0.2) is 0 Å². The van der Waals surface area contributed by atoms with Crippen molar-refractivity contribution in [1.82, 2.24) is 31.1 Å². The maximum atomic E-state index is 12.5. The molecule has 2 atom stereocenters. The van der Waals surface area contributed by atoms with Crippen LogP contribution in [0, 0.1) is 5.92 Å². The van der Waals surface area contributed by atoms with Gasteiger partial charge in [0, 0.05) is 52.5 Å². The second-order valence-electron chi connectivity index (χ2n) is 8.90. The first-order valence-corrected chi connectivity index (χ1v) is 12.8. The Labute approximate surface area is 223 Å². The smallest absolute Gasteiger partial charge is 0.249 e. The molecule has 0 aromatic carbocycles. The van der Waals surface area contributed by atoms with Crippen molar-refractivity contribution in [2.75, 3.05) is 73.7 Å². The van der Waals surface area contributed by atoms with Crippen LogP contribution in [0.4, 0.5) is 0 Å². The summed E-state index contributed by atoms with van der Waals surface area (Å²) >= 11 is 0. The van der Waals surface area contributed by atoms with Gasteiger partial charge in [0.05, 0.1) is 26.2 Å². The lowest BCUT2D eigenvalue weighted by molar-refractivity contribution is -0.144. The second-order valence-corrected chi connectivity index (χ2v) is 8.90. The fourth-order valence-electron chi connectivity index (χ4n) is 3.58. The van der Waals surface area contributed by atoms with Crippen molar-refractivity contribution < 1.29 is 38.2 Å². The number of ether oxygens (including phenoxy) is 2. The Morgan fingerprint density at radius 1 is 1.00 bits per heavy atom. The average molecular weight is 543 g/mol. The standard InChI is InChI=1S/C24H42N6O8/c1-17-14-21(33)30(24(17)36)10-6-19(31)27-9-11-37-12-13-38-16-22(34)29(4)18(15-20(32)26-3)23(35)28-8-5-7-25-2/h17-18,25H,5-16H2,1-4H3,(H,26,32)(H,27,31)(H,28,35)/t17?,18-/m0/s1. The zero-order valence-corrected chi connectivity index (χ0v) is 22.8. The van der Waals surface area contributed by atoms with E-state index in [1.807, 2.05) is 0 Å². The molecule has 0 radical (unpaired) electrons. The Bertz CT molecular complexity index is 824. The van der Waals surface area contributed by atoms with Crippen LogP contribution in [0.25, 0.3) is 0 Å². The topological polar surface area (TPSA) is 175 Å². The molecule has 0 saturated carbocycles. The summed E-state index contributed by atoms with van der Waals surface area (Å²) in [5.74, 6) is -2.38. The minimum atomic E-state index is -0.967. The van der Waals surface area contributed by atoms with Crippen LogP contribution in [0.5, 0.6) is 0 Å². The van der Waals surface area contributed by atoms with Crippen LogP contribution in [-0.2, 0) is 38.2 Å². The van der Waals surface area contributed by atoms with Gasteiger partial charge in [-0.05, 0) is 20.0 Å². The zero-order chi connectivity index (χ0) is 28.5. The molecule has 6 amide bonds. The molecule has 0 bridgehead atoms. The molecule has 0 spiro atoms. The lowest BCUT2D eigenvalue weighted by atomic mass is 10.1. The Hall–Kier alpha value is -3.10. The Kier molecular flexibility index (Phi) is 15.8. The average Bonchev–Trinajstić information content (AvgIpc) is 3.14. The summed E-state index contributed by atoms with van der Waals surface area (Å²) in [5, 5.41) is 10.8. The van der Waals surface area contributed by atoms with Crippen LogP contribution >= 0.6 is 0 Å². The van der Waals surface area contributed by atoms with Crippen LogP contribution < -0.4 is 21.3 Å². The van der Waals surface area contributed by atoms with Crippen molar-refractivity contribution in [3.8, 4) is 0 Å². The first kappa shape index (κ1) is 32.9. The number of likely N-dealkylation sites (tertiary alicyclic amines) is 1. The number of amides is 6. The van der Waals surface area contributed by atoms with Crippen LogP contribution in [0.15, 0.2) is 0 Å². The zero-order valence-electron chi connectivity index (χ0n) is 22.8. The van der Waals surface area contributed by atoms with Crippen molar-refractivity contribution in [3.05, 3.63) is 0 Å². The van der Waals surface area contributed by atoms with Crippen molar-refractivity contribution >= 4 is 35.4 Å². The highest BCUT2D eigenvalue weighted by atomic mass is 16.5. The summed E-state index contributed by atoms with van der Waals surface area (Å²) in [4.78, 5) is 74.7. The Balaban J connectivity index is 2.24. The molecule has 14 heteroatoms. The molecule has 38 heavy (non-hydrogen) atoms. The summed E-state index contributed by atoms with van der Waals surface area (Å²) in [6, 6.07) is -0.967. The van der Waals surface area contributed by atoms with Gasteiger partial charge in [-0.3, -0.25) is 33.7 Å². The Morgan fingerprint density at radius 3 is 2.34 bits per heavy atom. The number of hydrogen-bond donors (Lipinski definition) is 4. The molecule has 4 N–H and O–H groups in total. The first-order chi connectivity index (χ1) is 18.1. The third-order valence-electron chi connectivity index (χ3n) is 5.92. The number of imide groups is 1. The normalized spacial score (nSPS) is 15.8. The maximum absolute atomic E-state index is 12.5. The van der Waals surface area contributed by atoms with E-state index in [1.54, 1.807) is 14.0 Å². The maximum Gasteiger partial charge on any atom is 0.249 e. The third kappa shape index (κ3) is 12.0. The molecular weight excluding hydrogens is 500 g/mol. The van der Waals surface area contributed by atoms with Crippen LogP contribution in [-0.4, -0.2) is 125 Å². The quantitative estimate of drug-likeness (QED) is 0.102. The molecule has 1 unspecified atom stereocenters. The number of hydrogen-bond acceptors (Lipinski definition) is 9. The molecule has 0 aliphatic carbocycles. The van der Waals surface area contributed by atoms with Gasteiger partial charge in [-0.2, -0.15) is 0 Å². The SMILES string of the molecule is CNCCCNC(=O)[C@H](CC(=O)NC)N(C)C(=O)COCCOCCNC(=O)CCN1C(=O)CC(C)C1=O. The van der Waals surface area contributed by atoms with Gasteiger partial charge in [0.25, 0.3) is 0 Å². The van der Waals surface area contributed by atoms with E-state index in [0.717, 1.165) is 11.4 Å². The second kappa shape index (κ2) is 18.2. The summed E-state index contributed by atoms with van der Waals surface area (Å²) < 4.78 is 10.7. The predicted molar refractivity (Wildman–Crippen MR) is 137 cm³/mol. The lowest BCUT2D eigenvalue weighted by Crippen LogP contribution is -2.50. The molecule has 1 aliphatic rings. The highest BCUT2D eigenvalue weighted by Crippen LogP contribution is 2.18. The number of carbonyl (C=O) groups excluding carboxylic acids is 6. The molecule has 1 fully saturated rings. The molecule has 0 aromatic rings. The van der Waals surface area contributed by atoms with Gasteiger partial charge < -0.3 is 35.6 Å². The molecule has 216 valence electrons. The van der Waals surface area contributed by atoms with E-state index in [9.17, 15) is 28.8 Å². The van der Waals surface area contributed by atoms with E-state index in [-0.39, 0.29) is 88.3 Å². The molecule has 14 nitrogen and oxygen atoms in total. The summed E-state index contributed by atoms with van der Waals surface area (Å²) in [5.41, 5.74) is 0. The molecule has 1 aliphatic heterocycles. The largest absolute Gasteiger partial charge is 0.377 e. The van der Waals surface area contributed by atoms with Gasteiger partial charge in [0.2, 0.25) is 35.4 Å². The number of nitrogens with zero attached hydrogens (tertiary/aromatic N) is 2. The van der Waals surface area contributed by atoms with Gasteiger partial charge in [-0.25, -0.2) is 0 Å². The van der Waals surface area contributed by atoms with E-state index in [2.05, 4.69) is 21.3 Å². The third-order valence-corrected chi connectivity index (χ3v) is 5.92. The first-order valence-electron chi connectivity index (χ1n) is 12.8. The molecule has 1 rings (SSSR count). The lowest BCUT2D eigenvalue weighted by Gasteiger charge is -2.27. The molecule has 0 aromatic heterocycles. The van der Waals surface area contributed by atoms with Crippen molar-refractivity contribution in [2.24, 2.45) is 5.92 Å². The highest BCUT2D eigenvalue weighted by Gasteiger charge is 2.35. The highest BCUT2D eigenvalue weighted by molar-refractivity contribution is 6.03. The fraction of sp³-hybridized carbons (Fsp3) is 0.750. The number of carbonyl (C=O) groups is 6. The van der Waals surface area contributed by atoms with Crippen molar-refractivity contribution in [2.45, 2.75) is 38.6 Å². The van der Waals surface area contributed by atoms with E-state index < -0.39 is 17.9 Å². The minimum Gasteiger partial charge on any atom is -0.377 e. The number of nitrogens with one attached hydrogen (secondary N) is 4. The minimum absolute atomic E-state index is 0.0256. The summed E-state index contributed by atoms with van der Waals surface area (Å²) in [7, 11) is 4.71. The van der Waals surface area contributed by atoms with E-state index >= 15 is 0 Å². The van der Waals surface area contributed by atoms with Gasteiger partial charge in [-0.1, -0.05) is 6.92 Å².